The molecule has 1 aliphatic heterocycles. The number of aliphatic hydroxyl groups is 1. The van der Waals surface area contributed by atoms with E-state index in [1.165, 1.54) is 0 Å². The molecule has 3 rings (SSSR count). The number of sulfone groups is 1. The fourth-order valence-corrected chi connectivity index (χ4v) is 7.47. The van der Waals surface area contributed by atoms with Gasteiger partial charge in [0, 0.05) is 36.7 Å². The number of hydrogen-bond donors (Lipinski definition) is 2. The molecule has 0 aromatic heterocycles. The van der Waals surface area contributed by atoms with E-state index < -0.39 is 33.2 Å². The highest BCUT2D eigenvalue weighted by Crippen LogP contribution is 2.50. The fourth-order valence-electron chi connectivity index (χ4n) is 5.28. The van der Waals surface area contributed by atoms with Gasteiger partial charge in [-0.05, 0) is 54.3 Å². The largest absolute Gasteiger partial charge is 0.392 e. The second-order valence-corrected chi connectivity index (χ2v) is 11.8. The summed E-state index contributed by atoms with van der Waals surface area (Å²) < 4.78 is 27.6. The maximum Gasteiger partial charge on any atom is 0.248 e. The third-order valence-electron chi connectivity index (χ3n) is 7.19. The molecule has 0 fully saturated rings. The number of carbonyl (C=O) groups is 1. The first kappa shape index (κ1) is 26.2. The molecule has 1 heterocycles. The van der Waals surface area contributed by atoms with Crippen LogP contribution in [0.1, 0.15) is 79.8 Å². The van der Waals surface area contributed by atoms with E-state index in [4.69, 9.17) is 5.73 Å². The van der Waals surface area contributed by atoms with Crippen molar-refractivity contribution in [3.8, 4) is 0 Å². The Bertz CT molecular complexity index is 1120. The van der Waals surface area contributed by atoms with Crippen molar-refractivity contribution in [2.75, 3.05) is 24.7 Å². The van der Waals surface area contributed by atoms with Crippen LogP contribution in [0, 0.1) is 5.41 Å². The van der Waals surface area contributed by atoms with Gasteiger partial charge in [-0.25, -0.2) is 8.42 Å². The zero-order valence-electron chi connectivity index (χ0n) is 20.8. The molecule has 7 heteroatoms. The molecule has 2 aromatic rings. The molecule has 186 valence electrons. The Kier molecular flexibility index (Phi) is 8.09. The van der Waals surface area contributed by atoms with Gasteiger partial charge in [0.15, 0.2) is 9.84 Å². The average Bonchev–Trinajstić information content (AvgIpc) is 2.87. The van der Waals surface area contributed by atoms with Crippen molar-refractivity contribution in [2.45, 2.75) is 69.3 Å². The number of amides is 1. The molecular formula is C27H38N2O4S. The maximum absolute atomic E-state index is 13.8. The maximum atomic E-state index is 13.8. The Morgan fingerprint density at radius 3 is 2.29 bits per heavy atom. The first-order valence-corrected chi connectivity index (χ1v) is 13.8. The van der Waals surface area contributed by atoms with Crippen LogP contribution in [-0.2, 0) is 9.84 Å². The molecular weight excluding hydrogens is 448 g/mol. The van der Waals surface area contributed by atoms with Gasteiger partial charge in [-0.3, -0.25) is 4.79 Å². The minimum atomic E-state index is -3.66. The lowest BCUT2D eigenvalue weighted by Gasteiger charge is -2.40. The van der Waals surface area contributed by atoms with Gasteiger partial charge < -0.3 is 15.7 Å². The molecule has 0 saturated heterocycles. The van der Waals surface area contributed by atoms with Crippen LogP contribution in [0.4, 0.5) is 5.69 Å². The number of unbranched alkanes of at least 4 members (excludes halogenated alkanes) is 2. The lowest BCUT2D eigenvalue weighted by molar-refractivity contribution is 0.0127. The van der Waals surface area contributed by atoms with Gasteiger partial charge in [0.1, 0.15) is 0 Å². The average molecular weight is 487 g/mol. The number of fused-ring (bicyclic) bond motifs is 1. The van der Waals surface area contributed by atoms with E-state index >= 15 is 0 Å². The summed E-state index contributed by atoms with van der Waals surface area (Å²) in [5.41, 5.74) is 7.26. The molecule has 0 saturated carbocycles. The number of nitrogens with two attached hydrogens (primary N) is 1. The van der Waals surface area contributed by atoms with Crippen molar-refractivity contribution in [3.05, 3.63) is 59.2 Å². The number of aliphatic hydroxyl groups excluding tert-OH is 1. The quantitative estimate of drug-likeness (QED) is 0.544. The molecule has 1 amide bonds. The Hall–Kier alpha value is -2.38. The van der Waals surface area contributed by atoms with E-state index in [-0.39, 0.29) is 10.6 Å². The summed E-state index contributed by atoms with van der Waals surface area (Å²) in [5.74, 6) is -1.23. The van der Waals surface area contributed by atoms with Crippen LogP contribution < -0.4 is 10.6 Å². The molecule has 3 N–H and O–H groups in total. The lowest BCUT2D eigenvalue weighted by atomic mass is 9.68. The summed E-state index contributed by atoms with van der Waals surface area (Å²) in [7, 11) is 0.143. The third kappa shape index (κ3) is 5.15. The minimum absolute atomic E-state index is 0.0819. The van der Waals surface area contributed by atoms with Gasteiger partial charge in [-0.2, -0.15) is 0 Å². The van der Waals surface area contributed by atoms with Crippen molar-refractivity contribution in [3.63, 3.8) is 0 Å². The fraction of sp³-hybridized carbons (Fsp3) is 0.519. The highest BCUT2D eigenvalue weighted by atomic mass is 32.2. The van der Waals surface area contributed by atoms with Gasteiger partial charge >= 0.3 is 0 Å². The Balaban J connectivity index is 2.34. The molecule has 2 unspecified atom stereocenters. The van der Waals surface area contributed by atoms with Gasteiger partial charge in [0.2, 0.25) is 5.91 Å². The van der Waals surface area contributed by atoms with E-state index in [2.05, 4.69) is 13.8 Å². The van der Waals surface area contributed by atoms with Crippen LogP contribution in [0.25, 0.3) is 0 Å². The topological polar surface area (TPSA) is 101 Å². The van der Waals surface area contributed by atoms with Crippen LogP contribution in [0.2, 0.25) is 0 Å². The van der Waals surface area contributed by atoms with E-state index in [9.17, 15) is 18.3 Å². The van der Waals surface area contributed by atoms with E-state index in [1.54, 1.807) is 24.3 Å². The number of hydrogen-bond acceptors (Lipinski definition) is 5. The van der Waals surface area contributed by atoms with E-state index in [1.807, 2.05) is 37.2 Å². The molecule has 0 radical (unpaired) electrons. The molecule has 0 spiro atoms. The summed E-state index contributed by atoms with van der Waals surface area (Å²) in [4.78, 5) is 14.1. The summed E-state index contributed by atoms with van der Waals surface area (Å²) in [6, 6.07) is 12.3. The molecule has 2 atom stereocenters. The highest BCUT2D eigenvalue weighted by Gasteiger charge is 2.49. The molecule has 1 aliphatic rings. The van der Waals surface area contributed by atoms with Gasteiger partial charge in [0.05, 0.1) is 16.8 Å². The van der Waals surface area contributed by atoms with E-state index in [0.717, 1.165) is 31.4 Å². The van der Waals surface area contributed by atoms with Crippen LogP contribution in [-0.4, -0.2) is 45.4 Å². The van der Waals surface area contributed by atoms with Crippen LogP contribution in [0.15, 0.2) is 47.4 Å². The van der Waals surface area contributed by atoms with Gasteiger partial charge in [-0.1, -0.05) is 51.7 Å². The minimum Gasteiger partial charge on any atom is -0.392 e. The highest BCUT2D eigenvalue weighted by molar-refractivity contribution is 7.91. The molecule has 34 heavy (non-hydrogen) atoms. The van der Waals surface area contributed by atoms with Gasteiger partial charge in [-0.15, -0.1) is 0 Å². The zero-order chi connectivity index (χ0) is 25.1. The third-order valence-corrected chi connectivity index (χ3v) is 9.18. The number of nitrogens with zero attached hydrogens (tertiary/aromatic N) is 1. The van der Waals surface area contributed by atoms with Crippen molar-refractivity contribution in [2.24, 2.45) is 11.1 Å². The SMILES string of the molecule is CCCCC1(CCCC)CS(=O)(=O)c2ccc(N(C)C)cc2C(c2cccc(C(N)=O)c2)C1O. The van der Waals surface area contributed by atoms with Crippen molar-refractivity contribution in [1.82, 2.24) is 0 Å². The molecule has 0 aliphatic carbocycles. The van der Waals surface area contributed by atoms with Crippen molar-refractivity contribution >= 4 is 21.4 Å². The Morgan fingerprint density at radius 1 is 1.09 bits per heavy atom. The number of benzene rings is 2. The lowest BCUT2D eigenvalue weighted by Crippen LogP contribution is -2.43. The monoisotopic (exact) mass is 486 g/mol. The standard InChI is InChI=1S/C27H38N2O4S/c1-5-7-14-27(15-8-6-2)18-34(32,33)23-13-12-21(29(3)4)17-22(23)24(25(27)30)19-10-9-11-20(16-19)26(28)31/h9-13,16-17,24-25,30H,5-8,14-15,18H2,1-4H3,(H2,28,31). The van der Waals surface area contributed by atoms with Crippen LogP contribution in [0.3, 0.4) is 0 Å². The number of rotatable bonds is 9. The Labute approximate surface area is 204 Å². The number of primary amides is 1. The number of carbonyl (C=O) groups excluding carboxylic acids is 1. The van der Waals surface area contributed by atoms with Gasteiger partial charge in [0.25, 0.3) is 0 Å². The van der Waals surface area contributed by atoms with Crippen LogP contribution >= 0.6 is 0 Å². The summed E-state index contributed by atoms with van der Waals surface area (Å²) >= 11 is 0. The predicted octanol–water partition coefficient (Wildman–Crippen LogP) is 4.50. The molecule has 2 aromatic carbocycles. The predicted molar refractivity (Wildman–Crippen MR) is 137 cm³/mol. The molecule has 6 nitrogen and oxygen atoms in total. The number of anilines is 1. The summed E-state index contributed by atoms with van der Waals surface area (Å²) in [5, 5.41) is 12.1. The second kappa shape index (κ2) is 10.5. The molecule has 0 bridgehead atoms. The normalized spacial score (nSPS) is 20.9. The Morgan fingerprint density at radius 2 is 1.74 bits per heavy atom. The summed E-state index contributed by atoms with van der Waals surface area (Å²) in [6.07, 6.45) is 3.84. The first-order valence-electron chi connectivity index (χ1n) is 12.2. The first-order chi connectivity index (χ1) is 16.1. The van der Waals surface area contributed by atoms with Crippen LogP contribution in [0.5, 0.6) is 0 Å². The smallest absolute Gasteiger partial charge is 0.248 e. The summed E-state index contributed by atoms with van der Waals surface area (Å²) in [6.45, 7) is 4.16. The second-order valence-electron chi connectivity index (χ2n) is 9.86. The van der Waals surface area contributed by atoms with Crippen molar-refractivity contribution in [1.29, 1.82) is 0 Å². The van der Waals surface area contributed by atoms with E-state index in [0.29, 0.717) is 29.5 Å². The van der Waals surface area contributed by atoms with Crippen molar-refractivity contribution < 1.29 is 18.3 Å². The zero-order valence-corrected chi connectivity index (χ0v) is 21.6.